The molecule has 1 amide bonds. The van der Waals surface area contributed by atoms with Gasteiger partial charge < -0.3 is 10.2 Å². The Hall–Kier alpha value is -0.970. The summed E-state index contributed by atoms with van der Waals surface area (Å²) in [6.45, 7) is 0.191. The molecule has 0 aromatic carbocycles. The van der Waals surface area contributed by atoms with E-state index in [0.29, 0.717) is 4.48 Å². The molecule has 0 bridgehead atoms. The molecule has 0 unspecified atom stereocenters. The number of allylic oxidation sites excluding steroid dienone is 2. The van der Waals surface area contributed by atoms with Gasteiger partial charge in [-0.3, -0.25) is 0 Å². The van der Waals surface area contributed by atoms with E-state index in [9.17, 15) is 4.79 Å². The van der Waals surface area contributed by atoms with Crippen molar-refractivity contribution in [2.75, 3.05) is 6.54 Å². The third kappa shape index (κ3) is 1.54. The number of carboxylic acid groups (broad SMARTS) is 1. The molecule has 4 nitrogen and oxygen atoms in total. The molecule has 0 spiro atoms. The molecule has 0 aliphatic carbocycles. The minimum absolute atomic E-state index is 0.191. The van der Waals surface area contributed by atoms with Gasteiger partial charge in [0.25, 0.3) is 0 Å². The Balaban J connectivity index is 2.89. The van der Waals surface area contributed by atoms with Gasteiger partial charge in [-0.2, -0.15) is 0 Å². The number of halogens is 1. The largest absolute Gasteiger partial charge is 0.494 e. The van der Waals surface area contributed by atoms with E-state index in [-0.39, 0.29) is 12.4 Å². The molecule has 2 N–H and O–H groups in total. The lowest BCUT2D eigenvalue weighted by molar-refractivity contribution is 0.137. The van der Waals surface area contributed by atoms with Crippen molar-refractivity contribution >= 4 is 22.0 Å². The summed E-state index contributed by atoms with van der Waals surface area (Å²) < 4.78 is 0.381. The van der Waals surface area contributed by atoms with Crippen LogP contribution in [0.25, 0.3) is 0 Å². The molecule has 11 heavy (non-hydrogen) atoms. The fourth-order valence-electron chi connectivity index (χ4n) is 0.720. The van der Waals surface area contributed by atoms with Crippen molar-refractivity contribution in [2.24, 2.45) is 0 Å². The number of rotatable bonds is 0. The Morgan fingerprint density at radius 3 is 2.82 bits per heavy atom. The molecule has 0 saturated heterocycles. The van der Waals surface area contributed by atoms with Crippen LogP contribution in [0.4, 0.5) is 4.79 Å². The first-order valence-electron chi connectivity index (χ1n) is 2.88. The smallest absolute Gasteiger partial charge is 0.414 e. The number of aliphatic hydroxyl groups is 1. The topological polar surface area (TPSA) is 60.8 Å². The van der Waals surface area contributed by atoms with Gasteiger partial charge in [-0.25, -0.2) is 9.69 Å². The predicted molar refractivity (Wildman–Crippen MR) is 42.5 cm³/mol. The van der Waals surface area contributed by atoms with E-state index in [4.69, 9.17) is 10.2 Å². The minimum Gasteiger partial charge on any atom is -0.494 e. The highest BCUT2D eigenvalue weighted by molar-refractivity contribution is 9.11. The second kappa shape index (κ2) is 2.96. The fraction of sp³-hybridized carbons (Fsp3) is 0.167. The Morgan fingerprint density at radius 1 is 1.73 bits per heavy atom. The van der Waals surface area contributed by atoms with Gasteiger partial charge in [0.05, 0.1) is 11.0 Å². The Morgan fingerprint density at radius 2 is 2.36 bits per heavy atom. The first-order chi connectivity index (χ1) is 5.13. The van der Waals surface area contributed by atoms with Crippen LogP contribution in [0.1, 0.15) is 0 Å². The SMILES string of the molecule is O=C(O)N1CC=CC(Br)=C1O. The molecule has 1 aliphatic heterocycles. The quantitative estimate of drug-likeness (QED) is 0.652. The summed E-state index contributed by atoms with van der Waals surface area (Å²) in [5.41, 5.74) is 0. The molecular weight excluding hydrogens is 214 g/mol. The second-order valence-electron chi connectivity index (χ2n) is 1.97. The first-order valence-corrected chi connectivity index (χ1v) is 3.68. The molecule has 0 radical (unpaired) electrons. The zero-order valence-electron chi connectivity index (χ0n) is 5.49. The highest BCUT2D eigenvalue weighted by Gasteiger charge is 2.19. The maximum absolute atomic E-state index is 10.4. The lowest BCUT2D eigenvalue weighted by Crippen LogP contribution is -2.30. The predicted octanol–water partition coefficient (Wildman–Crippen LogP) is 1.66. The summed E-state index contributed by atoms with van der Waals surface area (Å²) in [7, 11) is 0. The molecule has 0 atom stereocenters. The molecule has 1 aliphatic rings. The fourth-order valence-corrected chi connectivity index (χ4v) is 1.12. The summed E-state index contributed by atoms with van der Waals surface area (Å²) >= 11 is 3.00. The zero-order valence-corrected chi connectivity index (χ0v) is 7.08. The lowest BCUT2D eigenvalue weighted by atomic mass is 10.3. The summed E-state index contributed by atoms with van der Waals surface area (Å²) in [6.07, 6.45) is 2.08. The van der Waals surface area contributed by atoms with Crippen LogP contribution in [0.5, 0.6) is 0 Å². The van der Waals surface area contributed by atoms with Gasteiger partial charge in [0.1, 0.15) is 0 Å². The second-order valence-corrected chi connectivity index (χ2v) is 2.82. The average Bonchev–Trinajstić information content (AvgIpc) is 1.94. The van der Waals surface area contributed by atoms with Gasteiger partial charge in [-0.05, 0) is 22.0 Å². The van der Waals surface area contributed by atoms with Crippen molar-refractivity contribution in [2.45, 2.75) is 0 Å². The van der Waals surface area contributed by atoms with Crippen molar-refractivity contribution < 1.29 is 15.0 Å². The third-order valence-corrected chi connectivity index (χ3v) is 1.87. The summed E-state index contributed by atoms with van der Waals surface area (Å²) in [4.78, 5) is 11.2. The van der Waals surface area contributed by atoms with Crippen LogP contribution >= 0.6 is 15.9 Å². The maximum atomic E-state index is 10.4. The van der Waals surface area contributed by atoms with E-state index < -0.39 is 6.09 Å². The Kier molecular flexibility index (Phi) is 2.19. The molecule has 0 saturated carbocycles. The van der Waals surface area contributed by atoms with Crippen molar-refractivity contribution in [1.29, 1.82) is 0 Å². The minimum atomic E-state index is -1.16. The highest BCUT2D eigenvalue weighted by atomic mass is 79.9. The van der Waals surface area contributed by atoms with Crippen molar-refractivity contribution in [3.63, 3.8) is 0 Å². The zero-order chi connectivity index (χ0) is 8.43. The highest BCUT2D eigenvalue weighted by Crippen LogP contribution is 2.19. The summed E-state index contributed by atoms with van der Waals surface area (Å²) in [5, 5.41) is 17.6. The summed E-state index contributed by atoms with van der Waals surface area (Å²) in [6, 6.07) is 0. The van der Waals surface area contributed by atoms with Gasteiger partial charge in [0.2, 0.25) is 5.88 Å². The van der Waals surface area contributed by atoms with Gasteiger partial charge >= 0.3 is 6.09 Å². The number of amides is 1. The molecule has 1 rings (SSSR count). The molecule has 0 aromatic heterocycles. The van der Waals surface area contributed by atoms with E-state index in [0.717, 1.165) is 4.90 Å². The standard InChI is InChI=1S/C6H6BrNO3/c7-4-2-1-3-8(5(4)9)6(10)11/h1-2,9H,3H2,(H,10,11). The maximum Gasteiger partial charge on any atom is 0.414 e. The van der Waals surface area contributed by atoms with E-state index in [1.807, 2.05) is 0 Å². The molecule has 5 heteroatoms. The lowest BCUT2D eigenvalue weighted by Gasteiger charge is -2.19. The number of carbonyl (C=O) groups is 1. The van der Waals surface area contributed by atoms with Gasteiger partial charge in [0, 0.05) is 0 Å². The van der Waals surface area contributed by atoms with E-state index in [2.05, 4.69) is 15.9 Å². The molecule has 0 aromatic rings. The number of hydrogen-bond acceptors (Lipinski definition) is 2. The van der Waals surface area contributed by atoms with Crippen LogP contribution in [-0.4, -0.2) is 27.8 Å². The Bertz CT molecular complexity index is 246. The van der Waals surface area contributed by atoms with Crippen LogP contribution in [0.3, 0.4) is 0 Å². The van der Waals surface area contributed by atoms with E-state index in [1.54, 1.807) is 12.2 Å². The molecular formula is C6H6BrNO3. The first kappa shape index (κ1) is 8.13. The van der Waals surface area contributed by atoms with Gasteiger partial charge in [-0.1, -0.05) is 6.08 Å². The number of nitrogens with zero attached hydrogens (tertiary/aromatic N) is 1. The van der Waals surface area contributed by atoms with Crippen molar-refractivity contribution in [3.05, 3.63) is 22.5 Å². The Labute approximate surface area is 71.6 Å². The van der Waals surface area contributed by atoms with Crippen LogP contribution in [0.15, 0.2) is 22.5 Å². The molecule has 0 fully saturated rings. The average molecular weight is 220 g/mol. The van der Waals surface area contributed by atoms with E-state index in [1.165, 1.54) is 0 Å². The third-order valence-electron chi connectivity index (χ3n) is 1.25. The van der Waals surface area contributed by atoms with E-state index >= 15 is 0 Å². The molecule has 1 heterocycles. The van der Waals surface area contributed by atoms with Gasteiger partial charge in [-0.15, -0.1) is 0 Å². The normalized spacial score (nSPS) is 17.4. The number of aliphatic hydroxyl groups excluding tert-OH is 1. The van der Waals surface area contributed by atoms with Crippen molar-refractivity contribution in [3.8, 4) is 0 Å². The van der Waals surface area contributed by atoms with Crippen LogP contribution in [-0.2, 0) is 0 Å². The van der Waals surface area contributed by atoms with Crippen LogP contribution < -0.4 is 0 Å². The molecule has 60 valence electrons. The van der Waals surface area contributed by atoms with Crippen LogP contribution in [0, 0.1) is 0 Å². The van der Waals surface area contributed by atoms with Gasteiger partial charge in [0.15, 0.2) is 0 Å². The van der Waals surface area contributed by atoms with Crippen LogP contribution in [0.2, 0.25) is 0 Å². The number of hydrogen-bond donors (Lipinski definition) is 2. The van der Waals surface area contributed by atoms with Crippen molar-refractivity contribution in [1.82, 2.24) is 4.90 Å². The summed E-state index contributed by atoms with van der Waals surface area (Å²) in [5.74, 6) is -0.264. The monoisotopic (exact) mass is 219 g/mol.